The highest BCUT2D eigenvalue weighted by atomic mass is 16.1. The maximum absolute atomic E-state index is 12.0. The molecule has 2 N–H and O–H groups in total. The Balaban J connectivity index is 1.67. The number of pyridine rings is 1. The summed E-state index contributed by atoms with van der Waals surface area (Å²) in [6.07, 6.45) is 8.70. The maximum atomic E-state index is 12.0. The molecule has 0 bridgehead atoms. The zero-order valence-electron chi connectivity index (χ0n) is 11.6. The van der Waals surface area contributed by atoms with Crippen LogP contribution in [0.1, 0.15) is 31.2 Å². The summed E-state index contributed by atoms with van der Waals surface area (Å²) in [6.45, 7) is 0.705. The highest BCUT2D eigenvalue weighted by Crippen LogP contribution is 2.24. The Morgan fingerprint density at radius 3 is 2.79 bits per heavy atom. The molecule has 1 aromatic rings. The number of nitrogens with one attached hydrogen (secondary N) is 2. The van der Waals surface area contributed by atoms with Gasteiger partial charge < -0.3 is 10.6 Å². The molecule has 0 unspecified atom stereocenters. The number of carbonyl (C=O) groups is 1. The average molecular weight is 261 g/mol. The van der Waals surface area contributed by atoms with E-state index in [1.54, 1.807) is 6.20 Å². The third-order valence-electron chi connectivity index (χ3n) is 3.94. The fourth-order valence-corrected chi connectivity index (χ4v) is 2.66. The number of aromatic nitrogens is 1. The Morgan fingerprint density at radius 2 is 2.16 bits per heavy atom. The topological polar surface area (TPSA) is 54.0 Å². The second-order valence-electron chi connectivity index (χ2n) is 5.24. The van der Waals surface area contributed by atoms with Gasteiger partial charge >= 0.3 is 0 Å². The minimum atomic E-state index is 0.207. The quantitative estimate of drug-likeness (QED) is 0.845. The number of nitrogens with zero attached hydrogens (tertiary/aromatic N) is 1. The molecular formula is C15H23N3O. The largest absolute Gasteiger partial charge is 0.356 e. The molecule has 1 fully saturated rings. The lowest BCUT2D eigenvalue weighted by atomic mass is 9.85. The average Bonchev–Trinajstić information content (AvgIpc) is 2.48. The third-order valence-corrected chi connectivity index (χ3v) is 3.94. The lowest BCUT2D eigenvalue weighted by molar-refractivity contribution is -0.126. The minimum absolute atomic E-state index is 0.207. The fourth-order valence-electron chi connectivity index (χ4n) is 2.66. The summed E-state index contributed by atoms with van der Waals surface area (Å²) in [4.78, 5) is 16.1. The molecule has 104 valence electrons. The van der Waals surface area contributed by atoms with Gasteiger partial charge in [0.15, 0.2) is 0 Å². The molecule has 1 aromatic heterocycles. The van der Waals surface area contributed by atoms with Crippen molar-refractivity contribution in [1.82, 2.24) is 15.6 Å². The maximum Gasteiger partial charge on any atom is 0.223 e. The summed E-state index contributed by atoms with van der Waals surface area (Å²) in [5, 5.41) is 6.34. The Kier molecular flexibility index (Phi) is 5.33. The van der Waals surface area contributed by atoms with E-state index in [-0.39, 0.29) is 11.8 Å². The van der Waals surface area contributed by atoms with Crippen LogP contribution in [0.4, 0.5) is 0 Å². The van der Waals surface area contributed by atoms with Crippen LogP contribution in [0.5, 0.6) is 0 Å². The van der Waals surface area contributed by atoms with Crippen LogP contribution in [0, 0.1) is 5.92 Å². The van der Waals surface area contributed by atoms with Crippen LogP contribution >= 0.6 is 0 Å². The van der Waals surface area contributed by atoms with E-state index in [0.717, 1.165) is 32.1 Å². The van der Waals surface area contributed by atoms with Crippen molar-refractivity contribution in [2.75, 3.05) is 13.6 Å². The Morgan fingerprint density at radius 1 is 1.37 bits per heavy atom. The van der Waals surface area contributed by atoms with Gasteiger partial charge in [0, 0.05) is 30.9 Å². The van der Waals surface area contributed by atoms with E-state index in [1.807, 2.05) is 25.4 Å². The number of hydrogen-bond donors (Lipinski definition) is 2. The fraction of sp³-hybridized carbons (Fsp3) is 0.600. The first-order valence-electron chi connectivity index (χ1n) is 7.13. The number of rotatable bonds is 5. The third kappa shape index (κ3) is 4.31. The summed E-state index contributed by atoms with van der Waals surface area (Å²) < 4.78 is 0. The molecule has 0 aliphatic heterocycles. The molecule has 0 radical (unpaired) electrons. The van der Waals surface area contributed by atoms with Crippen LogP contribution < -0.4 is 10.6 Å². The van der Waals surface area contributed by atoms with E-state index in [9.17, 15) is 4.79 Å². The van der Waals surface area contributed by atoms with Crippen molar-refractivity contribution in [1.29, 1.82) is 0 Å². The van der Waals surface area contributed by atoms with E-state index in [1.165, 1.54) is 5.56 Å². The molecule has 1 aliphatic carbocycles. The molecule has 19 heavy (non-hydrogen) atoms. The van der Waals surface area contributed by atoms with Crippen LogP contribution in [-0.2, 0) is 11.2 Å². The Labute approximate surface area is 115 Å². The van der Waals surface area contributed by atoms with E-state index < -0.39 is 0 Å². The number of hydrogen-bond acceptors (Lipinski definition) is 3. The van der Waals surface area contributed by atoms with Crippen LogP contribution in [0.25, 0.3) is 0 Å². The number of carbonyl (C=O) groups excluding carboxylic acids is 1. The van der Waals surface area contributed by atoms with Gasteiger partial charge in [-0.25, -0.2) is 0 Å². The van der Waals surface area contributed by atoms with Crippen LogP contribution in [0.15, 0.2) is 24.5 Å². The van der Waals surface area contributed by atoms with Gasteiger partial charge in [0.05, 0.1) is 0 Å². The van der Waals surface area contributed by atoms with Crippen molar-refractivity contribution >= 4 is 5.91 Å². The molecule has 0 saturated heterocycles. The molecular weight excluding hydrogens is 238 g/mol. The van der Waals surface area contributed by atoms with Gasteiger partial charge in [0.1, 0.15) is 0 Å². The lowest BCUT2D eigenvalue weighted by Crippen LogP contribution is -2.38. The van der Waals surface area contributed by atoms with Gasteiger partial charge in [-0.15, -0.1) is 0 Å². The minimum Gasteiger partial charge on any atom is -0.356 e. The standard InChI is InChI=1S/C15H23N3O/c1-16-14-6-4-13(5-7-14)15(19)18-10-8-12-3-2-9-17-11-12/h2-3,9,11,13-14,16H,4-8,10H2,1H3,(H,18,19). The zero-order valence-corrected chi connectivity index (χ0v) is 11.6. The molecule has 4 nitrogen and oxygen atoms in total. The molecule has 2 rings (SSSR count). The Hall–Kier alpha value is -1.42. The van der Waals surface area contributed by atoms with Crippen molar-refractivity contribution in [3.8, 4) is 0 Å². The van der Waals surface area contributed by atoms with Crippen LogP contribution in [-0.4, -0.2) is 30.5 Å². The van der Waals surface area contributed by atoms with E-state index >= 15 is 0 Å². The zero-order chi connectivity index (χ0) is 13.5. The highest BCUT2D eigenvalue weighted by Gasteiger charge is 2.24. The highest BCUT2D eigenvalue weighted by molar-refractivity contribution is 5.78. The first kappa shape index (κ1) is 14.0. The van der Waals surface area contributed by atoms with Gasteiger partial charge in [-0.1, -0.05) is 6.07 Å². The van der Waals surface area contributed by atoms with Crippen molar-refractivity contribution in [2.24, 2.45) is 5.92 Å². The summed E-state index contributed by atoms with van der Waals surface area (Å²) in [6, 6.07) is 4.56. The first-order valence-corrected chi connectivity index (χ1v) is 7.13. The molecule has 4 heteroatoms. The first-order chi connectivity index (χ1) is 9.29. The van der Waals surface area contributed by atoms with Crippen LogP contribution in [0.3, 0.4) is 0 Å². The molecule has 1 saturated carbocycles. The second-order valence-corrected chi connectivity index (χ2v) is 5.24. The lowest BCUT2D eigenvalue weighted by Gasteiger charge is -2.27. The normalized spacial score (nSPS) is 23.0. The molecule has 1 amide bonds. The van der Waals surface area contributed by atoms with Crippen molar-refractivity contribution in [3.05, 3.63) is 30.1 Å². The molecule has 1 heterocycles. The van der Waals surface area contributed by atoms with E-state index in [0.29, 0.717) is 12.6 Å². The summed E-state index contributed by atoms with van der Waals surface area (Å²) in [5.74, 6) is 0.428. The van der Waals surface area contributed by atoms with Gasteiger partial charge in [0.2, 0.25) is 5.91 Å². The van der Waals surface area contributed by atoms with Gasteiger partial charge in [-0.3, -0.25) is 9.78 Å². The monoisotopic (exact) mass is 261 g/mol. The predicted octanol–water partition coefficient (Wildman–Crippen LogP) is 1.52. The summed E-state index contributed by atoms with van der Waals surface area (Å²) in [7, 11) is 2.00. The molecule has 1 aliphatic rings. The SMILES string of the molecule is CNC1CCC(C(=O)NCCc2cccnc2)CC1. The van der Waals surface area contributed by atoms with Gasteiger partial charge in [-0.2, -0.15) is 0 Å². The van der Waals surface area contributed by atoms with Crippen molar-refractivity contribution < 1.29 is 4.79 Å². The summed E-state index contributed by atoms with van der Waals surface area (Å²) in [5.41, 5.74) is 1.17. The van der Waals surface area contributed by atoms with Gasteiger partial charge in [0.25, 0.3) is 0 Å². The molecule has 0 atom stereocenters. The van der Waals surface area contributed by atoms with Crippen LogP contribution in [0.2, 0.25) is 0 Å². The van der Waals surface area contributed by atoms with Crippen molar-refractivity contribution in [3.63, 3.8) is 0 Å². The van der Waals surface area contributed by atoms with Crippen molar-refractivity contribution in [2.45, 2.75) is 38.1 Å². The number of amides is 1. The van der Waals surface area contributed by atoms with E-state index in [4.69, 9.17) is 0 Å². The predicted molar refractivity (Wildman–Crippen MR) is 75.8 cm³/mol. The Bertz CT molecular complexity index is 386. The summed E-state index contributed by atoms with van der Waals surface area (Å²) >= 11 is 0. The molecule has 0 spiro atoms. The smallest absolute Gasteiger partial charge is 0.223 e. The molecule has 0 aromatic carbocycles. The van der Waals surface area contributed by atoms with Gasteiger partial charge in [-0.05, 0) is 50.8 Å². The van der Waals surface area contributed by atoms with E-state index in [2.05, 4.69) is 15.6 Å². The second kappa shape index (κ2) is 7.24.